The summed E-state index contributed by atoms with van der Waals surface area (Å²) < 4.78 is 35.5. The normalized spacial score (nSPS) is 9.92. The molecule has 0 aliphatic rings. The van der Waals surface area contributed by atoms with Crippen LogP contribution in [0.5, 0.6) is 11.5 Å². The molecular formula is C9H10F2O2. The average molecular weight is 188 g/mol. The highest BCUT2D eigenvalue weighted by atomic mass is 19.2. The highest BCUT2D eigenvalue weighted by molar-refractivity contribution is 5.47. The van der Waals surface area contributed by atoms with Crippen molar-refractivity contribution in [3.05, 3.63) is 23.3 Å². The van der Waals surface area contributed by atoms with E-state index in [1.165, 1.54) is 21.1 Å². The maximum atomic E-state index is 13.0. The van der Waals surface area contributed by atoms with Crippen LogP contribution in [-0.2, 0) is 0 Å². The number of methoxy groups -OCH3 is 2. The van der Waals surface area contributed by atoms with Gasteiger partial charge in [-0.05, 0) is 6.92 Å². The SMILES string of the molecule is COc1cc(F)c(F)c(C)c1OC. The molecule has 0 aliphatic carbocycles. The van der Waals surface area contributed by atoms with Gasteiger partial charge in [0.2, 0.25) is 0 Å². The van der Waals surface area contributed by atoms with Crippen molar-refractivity contribution < 1.29 is 18.3 Å². The molecule has 13 heavy (non-hydrogen) atoms. The molecule has 2 nitrogen and oxygen atoms in total. The Balaban J connectivity index is 3.39. The molecule has 0 unspecified atom stereocenters. The molecule has 0 aromatic heterocycles. The second-order valence-electron chi connectivity index (χ2n) is 2.53. The number of hydrogen-bond donors (Lipinski definition) is 0. The summed E-state index contributed by atoms with van der Waals surface area (Å²) in [5.74, 6) is -1.42. The number of hydrogen-bond acceptors (Lipinski definition) is 2. The molecular weight excluding hydrogens is 178 g/mol. The third-order valence-electron chi connectivity index (χ3n) is 1.79. The van der Waals surface area contributed by atoms with Gasteiger partial charge in [0.15, 0.2) is 23.1 Å². The zero-order valence-corrected chi connectivity index (χ0v) is 7.65. The van der Waals surface area contributed by atoms with Gasteiger partial charge in [0.25, 0.3) is 0 Å². The minimum Gasteiger partial charge on any atom is -0.493 e. The van der Waals surface area contributed by atoms with Gasteiger partial charge in [0.1, 0.15) is 0 Å². The molecule has 1 rings (SSSR count). The van der Waals surface area contributed by atoms with E-state index >= 15 is 0 Å². The van der Waals surface area contributed by atoms with E-state index in [-0.39, 0.29) is 17.1 Å². The minimum atomic E-state index is -0.935. The van der Waals surface area contributed by atoms with Gasteiger partial charge in [-0.1, -0.05) is 0 Å². The lowest BCUT2D eigenvalue weighted by Crippen LogP contribution is -1.98. The molecule has 1 aromatic carbocycles. The Morgan fingerprint density at radius 3 is 2.23 bits per heavy atom. The summed E-state index contributed by atoms with van der Waals surface area (Å²) >= 11 is 0. The van der Waals surface area contributed by atoms with Crippen LogP contribution in [0.25, 0.3) is 0 Å². The predicted octanol–water partition coefficient (Wildman–Crippen LogP) is 2.29. The van der Waals surface area contributed by atoms with E-state index in [0.29, 0.717) is 0 Å². The van der Waals surface area contributed by atoms with Gasteiger partial charge >= 0.3 is 0 Å². The fraction of sp³-hybridized carbons (Fsp3) is 0.333. The summed E-state index contributed by atoms with van der Waals surface area (Å²) in [6.45, 7) is 1.43. The smallest absolute Gasteiger partial charge is 0.166 e. The first kappa shape index (κ1) is 9.77. The first-order chi connectivity index (χ1) is 6.11. The predicted molar refractivity (Wildman–Crippen MR) is 44.2 cm³/mol. The van der Waals surface area contributed by atoms with Crippen LogP contribution in [-0.4, -0.2) is 14.2 Å². The topological polar surface area (TPSA) is 18.5 Å². The summed E-state index contributed by atoms with van der Waals surface area (Å²) in [5.41, 5.74) is 0.111. The highest BCUT2D eigenvalue weighted by Crippen LogP contribution is 2.33. The maximum Gasteiger partial charge on any atom is 0.166 e. The standard InChI is InChI=1S/C9H10F2O2/c1-5-8(11)6(10)4-7(12-2)9(5)13-3/h4H,1-3H3. The number of halogens is 2. The molecule has 0 heterocycles. The molecule has 1 aromatic rings. The van der Waals surface area contributed by atoms with E-state index in [9.17, 15) is 8.78 Å². The second-order valence-corrected chi connectivity index (χ2v) is 2.53. The Kier molecular flexibility index (Phi) is 2.70. The molecule has 0 saturated heterocycles. The molecule has 4 heteroatoms. The van der Waals surface area contributed by atoms with Gasteiger partial charge < -0.3 is 9.47 Å². The summed E-state index contributed by atoms with van der Waals surface area (Å²) in [6.07, 6.45) is 0. The number of benzene rings is 1. The Morgan fingerprint density at radius 2 is 1.77 bits per heavy atom. The van der Waals surface area contributed by atoms with E-state index in [1.807, 2.05) is 0 Å². The highest BCUT2D eigenvalue weighted by Gasteiger charge is 2.15. The van der Waals surface area contributed by atoms with Crippen molar-refractivity contribution in [2.75, 3.05) is 14.2 Å². The van der Waals surface area contributed by atoms with Crippen molar-refractivity contribution in [1.29, 1.82) is 0 Å². The van der Waals surface area contributed by atoms with Crippen LogP contribution in [0.3, 0.4) is 0 Å². The third-order valence-corrected chi connectivity index (χ3v) is 1.79. The molecule has 0 bridgehead atoms. The fourth-order valence-electron chi connectivity index (χ4n) is 1.11. The van der Waals surface area contributed by atoms with Crippen LogP contribution in [0.4, 0.5) is 8.78 Å². The first-order valence-electron chi connectivity index (χ1n) is 3.68. The van der Waals surface area contributed by atoms with Gasteiger partial charge in [-0.25, -0.2) is 8.78 Å². The quantitative estimate of drug-likeness (QED) is 0.708. The lowest BCUT2D eigenvalue weighted by Gasteiger charge is -2.10. The zero-order valence-electron chi connectivity index (χ0n) is 7.65. The second kappa shape index (κ2) is 3.60. The van der Waals surface area contributed by atoms with Crippen LogP contribution in [0.15, 0.2) is 6.07 Å². The van der Waals surface area contributed by atoms with Gasteiger partial charge in [-0.2, -0.15) is 0 Å². The molecule has 72 valence electrons. The lowest BCUT2D eigenvalue weighted by molar-refractivity contribution is 0.344. The van der Waals surface area contributed by atoms with E-state index in [1.54, 1.807) is 0 Å². The zero-order chi connectivity index (χ0) is 10.0. The summed E-state index contributed by atoms with van der Waals surface area (Å²) in [6, 6.07) is 0.959. The number of ether oxygens (including phenoxy) is 2. The Hall–Kier alpha value is -1.32. The van der Waals surface area contributed by atoms with Crippen molar-refractivity contribution >= 4 is 0 Å². The van der Waals surface area contributed by atoms with E-state index < -0.39 is 11.6 Å². The molecule has 0 atom stereocenters. The van der Waals surface area contributed by atoms with E-state index in [0.717, 1.165) is 6.07 Å². The Bertz CT molecular complexity index is 324. The molecule has 0 spiro atoms. The van der Waals surface area contributed by atoms with Crippen LogP contribution >= 0.6 is 0 Å². The molecule has 0 N–H and O–H groups in total. The molecule has 0 saturated carbocycles. The van der Waals surface area contributed by atoms with Crippen molar-refractivity contribution in [2.45, 2.75) is 6.92 Å². The lowest BCUT2D eigenvalue weighted by atomic mass is 10.2. The summed E-state index contributed by atoms with van der Waals surface area (Å²) in [5, 5.41) is 0. The molecule has 0 fully saturated rings. The summed E-state index contributed by atoms with van der Waals surface area (Å²) in [4.78, 5) is 0. The van der Waals surface area contributed by atoms with Crippen molar-refractivity contribution in [2.24, 2.45) is 0 Å². The summed E-state index contributed by atoms with van der Waals surface area (Å²) in [7, 11) is 2.75. The van der Waals surface area contributed by atoms with Crippen molar-refractivity contribution in [3.8, 4) is 11.5 Å². The van der Waals surface area contributed by atoms with Gasteiger partial charge in [-0.3, -0.25) is 0 Å². The van der Waals surface area contributed by atoms with Crippen LogP contribution in [0, 0.1) is 18.6 Å². The first-order valence-corrected chi connectivity index (χ1v) is 3.68. The molecule has 0 amide bonds. The maximum absolute atomic E-state index is 13.0. The van der Waals surface area contributed by atoms with Gasteiger partial charge in [0.05, 0.1) is 14.2 Å². The van der Waals surface area contributed by atoms with Gasteiger partial charge in [-0.15, -0.1) is 0 Å². The minimum absolute atomic E-state index is 0.111. The third kappa shape index (κ3) is 1.56. The van der Waals surface area contributed by atoms with Crippen molar-refractivity contribution in [3.63, 3.8) is 0 Å². The Morgan fingerprint density at radius 1 is 1.15 bits per heavy atom. The Labute approximate surface area is 75.1 Å². The fourth-order valence-corrected chi connectivity index (χ4v) is 1.11. The monoisotopic (exact) mass is 188 g/mol. The van der Waals surface area contributed by atoms with E-state index in [4.69, 9.17) is 9.47 Å². The molecule has 0 aliphatic heterocycles. The van der Waals surface area contributed by atoms with Gasteiger partial charge in [0, 0.05) is 11.6 Å². The van der Waals surface area contributed by atoms with Crippen LogP contribution in [0.1, 0.15) is 5.56 Å². The van der Waals surface area contributed by atoms with Crippen molar-refractivity contribution in [1.82, 2.24) is 0 Å². The van der Waals surface area contributed by atoms with E-state index in [2.05, 4.69) is 0 Å². The van der Waals surface area contributed by atoms with Crippen LogP contribution in [0.2, 0.25) is 0 Å². The van der Waals surface area contributed by atoms with Crippen LogP contribution < -0.4 is 9.47 Å². The molecule has 0 radical (unpaired) electrons. The number of rotatable bonds is 2. The largest absolute Gasteiger partial charge is 0.493 e. The average Bonchev–Trinajstić information content (AvgIpc) is 2.13.